The van der Waals surface area contributed by atoms with Gasteiger partial charge in [-0.15, -0.1) is 0 Å². The highest BCUT2D eigenvalue weighted by atomic mass is 16.6. The van der Waals surface area contributed by atoms with Gasteiger partial charge in [0.1, 0.15) is 11.8 Å². The van der Waals surface area contributed by atoms with Crippen molar-refractivity contribution in [1.82, 2.24) is 15.1 Å². The van der Waals surface area contributed by atoms with Gasteiger partial charge >= 0.3 is 0 Å². The van der Waals surface area contributed by atoms with E-state index in [0.717, 1.165) is 11.4 Å². The van der Waals surface area contributed by atoms with E-state index < -0.39 is 10.8 Å². The summed E-state index contributed by atoms with van der Waals surface area (Å²) in [6, 6.07) is 9.65. The van der Waals surface area contributed by atoms with Crippen LogP contribution in [0.5, 0.6) is 0 Å². The maximum absolute atomic E-state index is 12.5. The van der Waals surface area contributed by atoms with Gasteiger partial charge in [-0.1, -0.05) is 6.07 Å². The SMILES string of the molecule is Cc1cc(C)n(C(CNC(=O)c2ccc(C)c([N+](=O)[O-])c2)c2ccco2)n1. The average molecular weight is 368 g/mol. The maximum Gasteiger partial charge on any atom is 0.273 e. The predicted molar refractivity (Wildman–Crippen MR) is 98.7 cm³/mol. The summed E-state index contributed by atoms with van der Waals surface area (Å²) in [5, 5.41) is 18.4. The van der Waals surface area contributed by atoms with Gasteiger partial charge in [-0.25, -0.2) is 0 Å². The molecule has 0 aliphatic rings. The number of furan rings is 1. The monoisotopic (exact) mass is 368 g/mol. The van der Waals surface area contributed by atoms with Crippen molar-refractivity contribution in [2.24, 2.45) is 0 Å². The van der Waals surface area contributed by atoms with E-state index in [1.165, 1.54) is 6.07 Å². The lowest BCUT2D eigenvalue weighted by Gasteiger charge is -2.18. The van der Waals surface area contributed by atoms with E-state index in [9.17, 15) is 14.9 Å². The van der Waals surface area contributed by atoms with Gasteiger partial charge in [-0.2, -0.15) is 5.10 Å². The molecule has 1 amide bonds. The Bertz CT molecular complexity index is 976. The molecule has 1 unspecified atom stereocenters. The predicted octanol–water partition coefficient (Wildman–Crippen LogP) is 3.33. The smallest absolute Gasteiger partial charge is 0.273 e. The Morgan fingerprint density at radius 3 is 2.67 bits per heavy atom. The van der Waals surface area contributed by atoms with Crippen LogP contribution in [0.15, 0.2) is 47.1 Å². The molecule has 27 heavy (non-hydrogen) atoms. The van der Waals surface area contributed by atoms with Crippen LogP contribution in [0.4, 0.5) is 5.69 Å². The molecule has 0 saturated heterocycles. The zero-order chi connectivity index (χ0) is 19.6. The molecule has 0 radical (unpaired) electrons. The van der Waals surface area contributed by atoms with Crippen molar-refractivity contribution in [3.63, 3.8) is 0 Å². The topological polar surface area (TPSA) is 103 Å². The molecule has 8 heteroatoms. The van der Waals surface area contributed by atoms with Gasteiger partial charge < -0.3 is 9.73 Å². The van der Waals surface area contributed by atoms with Crippen LogP contribution in [0.1, 0.15) is 39.1 Å². The molecule has 2 aromatic heterocycles. The molecule has 2 heterocycles. The third-order valence-electron chi connectivity index (χ3n) is 4.34. The molecule has 1 N–H and O–H groups in total. The van der Waals surface area contributed by atoms with Crippen LogP contribution in [-0.2, 0) is 0 Å². The summed E-state index contributed by atoms with van der Waals surface area (Å²) in [6.45, 7) is 5.69. The Labute approximate surface area is 156 Å². The fourth-order valence-electron chi connectivity index (χ4n) is 2.99. The molecule has 0 aliphatic carbocycles. The summed E-state index contributed by atoms with van der Waals surface area (Å²) in [5.74, 6) is 0.271. The van der Waals surface area contributed by atoms with E-state index in [1.807, 2.05) is 26.0 Å². The first-order chi connectivity index (χ1) is 12.9. The number of rotatable bonds is 6. The highest BCUT2D eigenvalue weighted by Crippen LogP contribution is 2.22. The molecule has 0 bridgehead atoms. The molecule has 8 nitrogen and oxygen atoms in total. The minimum absolute atomic E-state index is 0.0798. The number of amides is 1. The molecule has 140 valence electrons. The molecule has 0 spiro atoms. The van der Waals surface area contributed by atoms with E-state index in [1.54, 1.807) is 36.1 Å². The third kappa shape index (κ3) is 3.89. The first-order valence-corrected chi connectivity index (χ1v) is 8.46. The van der Waals surface area contributed by atoms with Crippen molar-refractivity contribution in [3.05, 3.63) is 81.1 Å². The molecular weight excluding hydrogens is 348 g/mol. The van der Waals surface area contributed by atoms with Crippen LogP contribution in [0, 0.1) is 30.9 Å². The number of hydrogen-bond acceptors (Lipinski definition) is 5. The number of nitro benzene ring substituents is 1. The number of carbonyl (C=O) groups excluding carboxylic acids is 1. The Hall–Kier alpha value is -3.42. The highest BCUT2D eigenvalue weighted by molar-refractivity contribution is 5.95. The van der Waals surface area contributed by atoms with Crippen LogP contribution in [0.2, 0.25) is 0 Å². The zero-order valence-electron chi connectivity index (χ0n) is 15.3. The second kappa shape index (κ2) is 7.45. The first-order valence-electron chi connectivity index (χ1n) is 8.46. The number of aryl methyl sites for hydroxylation is 3. The largest absolute Gasteiger partial charge is 0.467 e. The second-order valence-electron chi connectivity index (χ2n) is 6.37. The van der Waals surface area contributed by atoms with Gasteiger partial charge in [0.25, 0.3) is 11.6 Å². The number of nitrogens with one attached hydrogen (secondary N) is 1. The summed E-state index contributed by atoms with van der Waals surface area (Å²) >= 11 is 0. The molecule has 0 aliphatic heterocycles. The van der Waals surface area contributed by atoms with Gasteiger partial charge in [-0.05, 0) is 45.0 Å². The number of hydrogen-bond donors (Lipinski definition) is 1. The van der Waals surface area contributed by atoms with Crippen LogP contribution < -0.4 is 5.32 Å². The lowest BCUT2D eigenvalue weighted by molar-refractivity contribution is -0.385. The number of carbonyl (C=O) groups is 1. The maximum atomic E-state index is 12.5. The molecule has 1 atom stereocenters. The summed E-state index contributed by atoms with van der Waals surface area (Å²) < 4.78 is 7.31. The Morgan fingerprint density at radius 2 is 2.07 bits per heavy atom. The van der Waals surface area contributed by atoms with E-state index in [0.29, 0.717) is 11.3 Å². The number of benzene rings is 1. The van der Waals surface area contributed by atoms with Crippen molar-refractivity contribution in [3.8, 4) is 0 Å². The number of nitrogens with zero attached hydrogens (tertiary/aromatic N) is 3. The zero-order valence-corrected chi connectivity index (χ0v) is 15.3. The molecule has 0 fully saturated rings. The first kappa shape index (κ1) is 18.4. The van der Waals surface area contributed by atoms with Crippen LogP contribution in [-0.4, -0.2) is 27.2 Å². The highest BCUT2D eigenvalue weighted by Gasteiger charge is 2.22. The van der Waals surface area contributed by atoms with Crippen LogP contribution >= 0.6 is 0 Å². The lowest BCUT2D eigenvalue weighted by Crippen LogP contribution is -2.32. The number of aromatic nitrogens is 2. The molecular formula is C19H20N4O4. The Morgan fingerprint density at radius 1 is 1.30 bits per heavy atom. The standard InChI is InChI=1S/C19H20N4O4/c1-12-6-7-15(10-16(12)23(25)26)19(24)20-11-17(18-5-4-8-27-18)22-14(3)9-13(2)21-22/h4-10,17H,11H2,1-3H3,(H,20,24). The average Bonchev–Trinajstić information content (AvgIpc) is 3.25. The summed E-state index contributed by atoms with van der Waals surface area (Å²) in [5.41, 5.74) is 2.47. The van der Waals surface area contributed by atoms with E-state index >= 15 is 0 Å². The van der Waals surface area contributed by atoms with Gasteiger partial charge in [-0.3, -0.25) is 19.6 Å². The molecule has 3 rings (SSSR count). The van der Waals surface area contributed by atoms with Crippen molar-refractivity contribution in [1.29, 1.82) is 0 Å². The third-order valence-corrected chi connectivity index (χ3v) is 4.34. The van der Waals surface area contributed by atoms with E-state index in [4.69, 9.17) is 4.42 Å². The summed E-state index contributed by atoms with van der Waals surface area (Å²) in [4.78, 5) is 23.1. The fraction of sp³-hybridized carbons (Fsp3) is 0.263. The van der Waals surface area contributed by atoms with Gasteiger partial charge in [0.2, 0.25) is 0 Å². The van der Waals surface area contributed by atoms with Crippen molar-refractivity contribution in [2.75, 3.05) is 6.54 Å². The van der Waals surface area contributed by atoms with Crippen molar-refractivity contribution in [2.45, 2.75) is 26.8 Å². The van der Waals surface area contributed by atoms with Crippen LogP contribution in [0.3, 0.4) is 0 Å². The lowest BCUT2D eigenvalue weighted by atomic mass is 10.1. The quantitative estimate of drug-likeness (QED) is 0.531. The second-order valence-corrected chi connectivity index (χ2v) is 6.37. The fourth-order valence-corrected chi connectivity index (χ4v) is 2.99. The van der Waals surface area contributed by atoms with Gasteiger partial charge in [0.15, 0.2) is 0 Å². The Kier molecular flexibility index (Phi) is 5.07. The number of nitro groups is 1. The minimum atomic E-state index is -0.492. The van der Waals surface area contributed by atoms with Crippen LogP contribution in [0.25, 0.3) is 0 Å². The summed E-state index contributed by atoms with van der Waals surface area (Å²) in [6.07, 6.45) is 1.57. The van der Waals surface area contributed by atoms with Gasteiger partial charge in [0, 0.05) is 29.4 Å². The molecule has 1 aromatic carbocycles. The molecule has 3 aromatic rings. The minimum Gasteiger partial charge on any atom is -0.467 e. The molecule has 0 saturated carbocycles. The summed E-state index contributed by atoms with van der Waals surface area (Å²) in [7, 11) is 0. The van der Waals surface area contributed by atoms with Crippen molar-refractivity contribution < 1.29 is 14.1 Å². The van der Waals surface area contributed by atoms with E-state index in [2.05, 4.69) is 10.4 Å². The van der Waals surface area contributed by atoms with Gasteiger partial charge in [0.05, 0.1) is 16.9 Å². The Balaban J connectivity index is 1.82. The van der Waals surface area contributed by atoms with Crippen molar-refractivity contribution >= 4 is 11.6 Å². The normalized spacial score (nSPS) is 12.0. The van der Waals surface area contributed by atoms with E-state index in [-0.39, 0.29) is 23.8 Å².